The van der Waals surface area contributed by atoms with Gasteiger partial charge in [-0.25, -0.2) is 13.8 Å². The van der Waals surface area contributed by atoms with Gasteiger partial charge in [0.05, 0.1) is 24.8 Å². The van der Waals surface area contributed by atoms with Gasteiger partial charge >= 0.3 is 0 Å². The number of aromatic nitrogens is 2. The number of amidine groups is 1. The highest BCUT2D eigenvalue weighted by Gasteiger charge is 2.48. The highest BCUT2D eigenvalue weighted by atomic mass is 19.1. The Morgan fingerprint density at radius 1 is 1.18 bits per heavy atom. The molecular formula is C24H24F2N4O3. The number of nitrogens with zero attached hydrogens (tertiary/aromatic N) is 4. The van der Waals surface area contributed by atoms with Crippen molar-refractivity contribution in [3.8, 4) is 11.4 Å². The van der Waals surface area contributed by atoms with Crippen molar-refractivity contribution in [1.29, 1.82) is 0 Å². The molecule has 2 aliphatic heterocycles. The zero-order chi connectivity index (χ0) is 23.2. The van der Waals surface area contributed by atoms with Crippen LogP contribution in [0.1, 0.15) is 29.7 Å². The van der Waals surface area contributed by atoms with Crippen LogP contribution in [0.2, 0.25) is 0 Å². The third kappa shape index (κ3) is 3.72. The molecule has 3 aromatic rings. The fraction of sp³-hybridized carbons (Fsp3) is 0.333. The van der Waals surface area contributed by atoms with Crippen LogP contribution in [0, 0.1) is 18.6 Å². The maximum absolute atomic E-state index is 13.9. The van der Waals surface area contributed by atoms with E-state index in [1.165, 1.54) is 12.1 Å². The molecule has 2 aromatic carbocycles. The first kappa shape index (κ1) is 21.4. The van der Waals surface area contributed by atoms with E-state index in [2.05, 4.69) is 10.1 Å². The third-order valence-electron chi connectivity index (χ3n) is 6.33. The first-order valence-electron chi connectivity index (χ1n) is 10.7. The lowest BCUT2D eigenvalue weighted by Gasteiger charge is -2.49. The van der Waals surface area contributed by atoms with Crippen molar-refractivity contribution in [2.45, 2.75) is 31.4 Å². The number of aryl methyl sites for hydroxylation is 1. The Hall–Kier alpha value is -3.46. The van der Waals surface area contributed by atoms with E-state index in [9.17, 15) is 13.9 Å². The maximum Gasteiger partial charge on any atom is 0.176 e. The van der Waals surface area contributed by atoms with E-state index in [4.69, 9.17) is 9.57 Å². The van der Waals surface area contributed by atoms with Gasteiger partial charge in [0.25, 0.3) is 0 Å². The lowest BCUT2D eigenvalue weighted by atomic mass is 9.78. The van der Waals surface area contributed by atoms with Gasteiger partial charge in [-0.3, -0.25) is 0 Å². The first-order valence-corrected chi connectivity index (χ1v) is 10.7. The average Bonchev–Trinajstić information content (AvgIpc) is 3.24. The molecule has 172 valence electrons. The molecule has 1 saturated heterocycles. The van der Waals surface area contributed by atoms with Gasteiger partial charge in [0, 0.05) is 24.4 Å². The van der Waals surface area contributed by atoms with Crippen LogP contribution in [0.15, 0.2) is 54.1 Å². The molecule has 2 unspecified atom stereocenters. The summed E-state index contributed by atoms with van der Waals surface area (Å²) < 4.78 is 35.4. The molecule has 1 aromatic heterocycles. The summed E-state index contributed by atoms with van der Waals surface area (Å²) in [5.41, 5.74) is 1.16. The van der Waals surface area contributed by atoms with Crippen LogP contribution in [0.4, 0.5) is 8.78 Å². The summed E-state index contributed by atoms with van der Waals surface area (Å²) in [6, 6.07) is 8.26. The minimum atomic E-state index is -1.49. The Morgan fingerprint density at radius 3 is 2.67 bits per heavy atom. The zero-order valence-corrected chi connectivity index (χ0v) is 18.3. The van der Waals surface area contributed by atoms with Crippen LogP contribution in [-0.4, -0.2) is 51.7 Å². The second-order valence-corrected chi connectivity index (χ2v) is 8.41. The lowest BCUT2D eigenvalue weighted by Crippen LogP contribution is -2.60. The van der Waals surface area contributed by atoms with Gasteiger partial charge in [0.1, 0.15) is 35.6 Å². The average molecular weight is 454 g/mol. The van der Waals surface area contributed by atoms with Crippen LogP contribution < -0.4 is 4.74 Å². The van der Waals surface area contributed by atoms with Crippen molar-refractivity contribution in [1.82, 2.24) is 14.5 Å². The van der Waals surface area contributed by atoms with E-state index in [0.717, 1.165) is 23.0 Å². The number of aliphatic hydroxyl groups is 1. The van der Waals surface area contributed by atoms with Gasteiger partial charge in [0.2, 0.25) is 0 Å². The van der Waals surface area contributed by atoms with E-state index in [1.54, 1.807) is 13.4 Å². The monoisotopic (exact) mass is 454 g/mol. The molecule has 3 heterocycles. The highest BCUT2D eigenvalue weighted by molar-refractivity contribution is 5.99. The van der Waals surface area contributed by atoms with Crippen LogP contribution in [0.5, 0.6) is 5.75 Å². The second kappa shape index (κ2) is 8.15. The molecule has 33 heavy (non-hydrogen) atoms. The van der Waals surface area contributed by atoms with Crippen LogP contribution in [-0.2, 0) is 10.4 Å². The van der Waals surface area contributed by atoms with Crippen molar-refractivity contribution in [3.05, 3.63) is 77.4 Å². The summed E-state index contributed by atoms with van der Waals surface area (Å²) in [6.45, 7) is 2.63. The molecule has 0 amide bonds. The predicted octanol–water partition coefficient (Wildman–Crippen LogP) is 3.51. The van der Waals surface area contributed by atoms with Crippen LogP contribution in [0.3, 0.4) is 0 Å². The van der Waals surface area contributed by atoms with E-state index in [0.29, 0.717) is 31.0 Å². The van der Waals surface area contributed by atoms with Gasteiger partial charge in [-0.05, 0) is 55.7 Å². The number of benzene rings is 2. The highest BCUT2D eigenvalue weighted by Crippen LogP contribution is 2.40. The van der Waals surface area contributed by atoms with Gasteiger partial charge in [-0.15, -0.1) is 0 Å². The number of hydrogen-bond acceptors (Lipinski definition) is 6. The molecule has 0 radical (unpaired) electrons. The number of ether oxygens (including phenoxy) is 1. The largest absolute Gasteiger partial charge is 0.495 e. The normalized spacial score (nSPS) is 22.4. The first-order chi connectivity index (χ1) is 15.9. The predicted molar refractivity (Wildman–Crippen MR) is 117 cm³/mol. The van der Waals surface area contributed by atoms with E-state index < -0.39 is 23.3 Å². The lowest BCUT2D eigenvalue weighted by molar-refractivity contribution is -0.104. The molecule has 5 rings (SSSR count). The minimum absolute atomic E-state index is 0.0989. The number of piperidine rings is 1. The Kier molecular flexibility index (Phi) is 5.28. The minimum Gasteiger partial charge on any atom is -0.495 e. The molecule has 0 saturated carbocycles. The number of oxime groups is 1. The van der Waals surface area contributed by atoms with Gasteiger partial charge in [-0.2, -0.15) is 0 Å². The smallest absolute Gasteiger partial charge is 0.176 e. The number of imidazole rings is 1. The van der Waals surface area contributed by atoms with E-state index >= 15 is 0 Å². The number of halogens is 2. The summed E-state index contributed by atoms with van der Waals surface area (Å²) in [7, 11) is 1.59. The molecular weight excluding hydrogens is 430 g/mol. The molecule has 1 N–H and O–H groups in total. The molecule has 0 spiro atoms. The number of fused-ring (bicyclic) bond motifs is 1. The number of rotatable bonds is 4. The van der Waals surface area contributed by atoms with Gasteiger partial charge in [-0.1, -0.05) is 5.16 Å². The van der Waals surface area contributed by atoms with Crippen LogP contribution in [0.25, 0.3) is 5.69 Å². The standard InChI is InChI=1S/C24H24F2N4O3/c1-15-12-29(14-27-15)20-5-4-16(8-21(20)32-2)23-28-33-13-22-24(31,6-3-7-30(22)23)17-9-18(25)11-19(26)10-17/h4-5,8-12,14,22,31H,3,6-7,13H2,1-2H3. The van der Waals surface area contributed by atoms with E-state index in [1.807, 2.05) is 40.8 Å². The second-order valence-electron chi connectivity index (χ2n) is 8.41. The van der Waals surface area contributed by atoms with E-state index in [-0.39, 0.29) is 12.2 Å². The fourth-order valence-electron chi connectivity index (χ4n) is 4.74. The molecule has 0 bridgehead atoms. The maximum atomic E-state index is 13.9. The molecule has 2 atom stereocenters. The number of hydrogen-bond donors (Lipinski definition) is 1. The number of methoxy groups -OCH3 is 1. The quantitative estimate of drug-likeness (QED) is 0.653. The van der Waals surface area contributed by atoms with Crippen molar-refractivity contribution in [2.75, 3.05) is 20.3 Å². The SMILES string of the molecule is COc1cc(C2=NOCC3N2CCCC3(O)c2cc(F)cc(F)c2)ccc1-n1cnc(C)c1. The van der Waals surface area contributed by atoms with Crippen LogP contribution >= 0.6 is 0 Å². The Morgan fingerprint density at radius 2 is 1.97 bits per heavy atom. The zero-order valence-electron chi connectivity index (χ0n) is 18.3. The Labute approximate surface area is 189 Å². The summed E-state index contributed by atoms with van der Waals surface area (Å²) in [5, 5.41) is 15.9. The van der Waals surface area contributed by atoms with Crippen molar-refractivity contribution in [2.24, 2.45) is 5.16 Å². The molecule has 7 nitrogen and oxygen atoms in total. The molecule has 1 fully saturated rings. The topological polar surface area (TPSA) is 72.1 Å². The molecule has 0 aliphatic carbocycles. The summed E-state index contributed by atoms with van der Waals surface area (Å²) >= 11 is 0. The third-order valence-corrected chi connectivity index (χ3v) is 6.33. The molecule has 2 aliphatic rings. The van der Waals surface area contributed by atoms with Crippen molar-refractivity contribution >= 4 is 5.84 Å². The van der Waals surface area contributed by atoms with Gasteiger partial charge < -0.3 is 24.1 Å². The molecule has 9 heteroatoms. The van der Waals surface area contributed by atoms with Crippen molar-refractivity contribution in [3.63, 3.8) is 0 Å². The fourth-order valence-corrected chi connectivity index (χ4v) is 4.74. The van der Waals surface area contributed by atoms with Gasteiger partial charge in [0.15, 0.2) is 5.84 Å². The Bertz CT molecular complexity index is 1210. The Balaban J connectivity index is 1.51. The summed E-state index contributed by atoms with van der Waals surface area (Å²) in [4.78, 5) is 11.7. The summed E-state index contributed by atoms with van der Waals surface area (Å²) in [6.07, 6.45) is 4.59. The van der Waals surface area contributed by atoms with Crippen molar-refractivity contribution < 1.29 is 23.5 Å². The summed E-state index contributed by atoms with van der Waals surface area (Å²) in [5.74, 6) is -0.297.